The van der Waals surface area contributed by atoms with E-state index in [4.69, 9.17) is 18.6 Å². The largest absolute Gasteiger partial charge is 0.482 e. The normalized spacial score (nSPS) is 17.8. The van der Waals surface area contributed by atoms with E-state index in [0.29, 0.717) is 22.6 Å². The van der Waals surface area contributed by atoms with Crippen LogP contribution in [0.5, 0.6) is 11.5 Å². The molecular formula is C24H18O6. The highest BCUT2D eigenvalue weighted by molar-refractivity contribution is 6.07. The van der Waals surface area contributed by atoms with Gasteiger partial charge in [0.1, 0.15) is 18.3 Å². The molecule has 2 heterocycles. The van der Waals surface area contributed by atoms with Crippen LogP contribution in [-0.4, -0.2) is 18.2 Å². The first-order chi connectivity index (χ1) is 14.6. The predicted molar refractivity (Wildman–Crippen MR) is 111 cm³/mol. The molecule has 0 fully saturated rings. The molecule has 0 bridgehead atoms. The van der Waals surface area contributed by atoms with Crippen molar-refractivity contribution in [1.29, 1.82) is 0 Å². The summed E-state index contributed by atoms with van der Waals surface area (Å²) in [6.45, 7) is 1.67. The number of rotatable bonds is 3. The molecule has 0 spiro atoms. The maximum Gasteiger partial charge on any atom is 0.351 e. The zero-order chi connectivity index (χ0) is 20.7. The van der Waals surface area contributed by atoms with Crippen LogP contribution < -0.4 is 15.1 Å². The van der Waals surface area contributed by atoms with Gasteiger partial charge in [0.2, 0.25) is 6.10 Å². The van der Waals surface area contributed by atoms with E-state index in [2.05, 4.69) is 0 Å². The van der Waals surface area contributed by atoms with Crippen molar-refractivity contribution in [3.05, 3.63) is 82.7 Å². The molecule has 150 valence electrons. The Morgan fingerprint density at radius 1 is 0.967 bits per heavy atom. The number of hydrogen-bond donors (Lipinski definition) is 0. The van der Waals surface area contributed by atoms with E-state index in [1.165, 1.54) is 6.07 Å². The van der Waals surface area contributed by atoms with Crippen molar-refractivity contribution >= 4 is 27.7 Å². The molecule has 5 rings (SSSR count). The van der Waals surface area contributed by atoms with Crippen LogP contribution in [0.2, 0.25) is 0 Å². The number of para-hydroxylation sites is 2. The van der Waals surface area contributed by atoms with Gasteiger partial charge in [-0.1, -0.05) is 42.5 Å². The lowest BCUT2D eigenvalue weighted by Crippen LogP contribution is -2.44. The Bertz CT molecular complexity index is 1320. The summed E-state index contributed by atoms with van der Waals surface area (Å²) >= 11 is 0. The Labute approximate surface area is 171 Å². The number of carbonyl (C=O) groups is 1. The van der Waals surface area contributed by atoms with Gasteiger partial charge in [0, 0.05) is 17.0 Å². The molecule has 0 N–H and O–H groups in total. The molecular weight excluding hydrogens is 384 g/mol. The summed E-state index contributed by atoms with van der Waals surface area (Å²) in [5, 5.41) is 2.67. The zero-order valence-corrected chi connectivity index (χ0v) is 16.2. The van der Waals surface area contributed by atoms with E-state index in [1.807, 2.05) is 36.4 Å². The number of benzene rings is 3. The van der Waals surface area contributed by atoms with Gasteiger partial charge in [0.05, 0.1) is 0 Å². The minimum absolute atomic E-state index is 0.0802. The number of ether oxygens (including phenoxy) is 3. The Kier molecular flexibility index (Phi) is 4.39. The van der Waals surface area contributed by atoms with Gasteiger partial charge in [-0.25, -0.2) is 9.59 Å². The molecule has 0 radical (unpaired) electrons. The molecule has 30 heavy (non-hydrogen) atoms. The molecule has 1 aromatic heterocycles. The van der Waals surface area contributed by atoms with Crippen LogP contribution in [0.1, 0.15) is 12.5 Å². The molecule has 6 heteroatoms. The summed E-state index contributed by atoms with van der Waals surface area (Å²) in [5.74, 6) is 0.528. The summed E-state index contributed by atoms with van der Waals surface area (Å²) < 4.78 is 22.5. The lowest BCUT2D eigenvalue weighted by molar-refractivity contribution is -0.159. The van der Waals surface area contributed by atoms with Crippen molar-refractivity contribution in [2.75, 3.05) is 0 Å². The number of hydrogen-bond acceptors (Lipinski definition) is 6. The zero-order valence-electron chi connectivity index (χ0n) is 16.2. The average molecular weight is 402 g/mol. The Morgan fingerprint density at radius 3 is 2.53 bits per heavy atom. The molecule has 1 aliphatic rings. The topological polar surface area (TPSA) is 75.0 Å². The molecule has 2 atom stereocenters. The van der Waals surface area contributed by atoms with Crippen LogP contribution in [0, 0.1) is 0 Å². The third kappa shape index (κ3) is 3.16. The SMILES string of the molecule is CC1Oc2ccccc2OC1C(=O)OCc1cc(=O)oc2ccc3ccccc3c12. The summed E-state index contributed by atoms with van der Waals surface area (Å²) in [6.07, 6.45) is -1.41. The van der Waals surface area contributed by atoms with E-state index >= 15 is 0 Å². The molecule has 4 aromatic rings. The Morgan fingerprint density at radius 2 is 1.70 bits per heavy atom. The maximum absolute atomic E-state index is 12.7. The van der Waals surface area contributed by atoms with Gasteiger partial charge in [0.25, 0.3) is 0 Å². The maximum atomic E-state index is 12.7. The molecule has 0 saturated carbocycles. The van der Waals surface area contributed by atoms with E-state index in [-0.39, 0.29) is 6.61 Å². The Hall–Kier alpha value is -3.80. The lowest BCUT2D eigenvalue weighted by atomic mass is 10.0. The van der Waals surface area contributed by atoms with Gasteiger partial charge in [-0.3, -0.25) is 0 Å². The highest BCUT2D eigenvalue weighted by Crippen LogP contribution is 2.34. The van der Waals surface area contributed by atoms with Crippen LogP contribution in [0.15, 0.2) is 75.9 Å². The van der Waals surface area contributed by atoms with Crippen LogP contribution >= 0.6 is 0 Å². The fraction of sp³-hybridized carbons (Fsp3) is 0.167. The first-order valence-corrected chi connectivity index (χ1v) is 9.63. The van der Waals surface area contributed by atoms with Crippen molar-refractivity contribution in [3.63, 3.8) is 0 Å². The second-order valence-corrected chi connectivity index (χ2v) is 7.17. The minimum atomic E-state index is -0.900. The monoisotopic (exact) mass is 402 g/mol. The number of carbonyl (C=O) groups excluding carboxylic acids is 1. The van der Waals surface area contributed by atoms with Gasteiger partial charge in [0.15, 0.2) is 11.5 Å². The second kappa shape index (κ2) is 7.22. The number of fused-ring (bicyclic) bond motifs is 4. The van der Waals surface area contributed by atoms with Gasteiger partial charge in [-0.15, -0.1) is 0 Å². The van der Waals surface area contributed by atoms with Crippen molar-refractivity contribution in [3.8, 4) is 11.5 Å². The third-order valence-corrected chi connectivity index (χ3v) is 5.16. The smallest absolute Gasteiger partial charge is 0.351 e. The van der Waals surface area contributed by atoms with Crippen molar-refractivity contribution in [2.45, 2.75) is 25.7 Å². The molecule has 2 unspecified atom stereocenters. The predicted octanol–water partition coefficient (Wildman–Crippen LogP) is 4.22. The summed E-state index contributed by atoms with van der Waals surface area (Å²) in [7, 11) is 0. The molecule has 3 aromatic carbocycles. The van der Waals surface area contributed by atoms with Crippen LogP contribution in [0.4, 0.5) is 0 Å². The van der Waals surface area contributed by atoms with E-state index in [9.17, 15) is 9.59 Å². The van der Waals surface area contributed by atoms with Gasteiger partial charge in [-0.05, 0) is 35.9 Å². The molecule has 0 saturated heterocycles. The fourth-order valence-corrected chi connectivity index (χ4v) is 3.74. The van der Waals surface area contributed by atoms with Gasteiger partial charge in [-0.2, -0.15) is 0 Å². The van der Waals surface area contributed by atoms with Crippen LogP contribution in [0.3, 0.4) is 0 Å². The van der Waals surface area contributed by atoms with E-state index in [1.54, 1.807) is 31.2 Å². The minimum Gasteiger partial charge on any atom is -0.482 e. The summed E-state index contributed by atoms with van der Waals surface area (Å²) in [6, 6.07) is 19.9. The standard InChI is InChI=1S/C24H18O6/c1-14-23(30-19-9-5-4-8-18(19)28-14)24(26)27-13-16-12-21(25)29-20-11-10-15-6-2-3-7-17(15)22(16)20/h2-12,14,23H,13H2,1H3. The molecule has 0 aliphatic carbocycles. The average Bonchev–Trinajstić information content (AvgIpc) is 2.76. The first-order valence-electron chi connectivity index (χ1n) is 9.63. The summed E-state index contributed by atoms with van der Waals surface area (Å²) in [4.78, 5) is 24.8. The van der Waals surface area contributed by atoms with Crippen LogP contribution in [-0.2, 0) is 16.1 Å². The highest BCUT2D eigenvalue weighted by Gasteiger charge is 2.35. The highest BCUT2D eigenvalue weighted by atomic mass is 16.6. The van der Waals surface area contributed by atoms with Crippen molar-refractivity contribution in [1.82, 2.24) is 0 Å². The fourth-order valence-electron chi connectivity index (χ4n) is 3.74. The Balaban J connectivity index is 1.45. The van der Waals surface area contributed by atoms with Crippen LogP contribution in [0.25, 0.3) is 21.7 Å². The lowest BCUT2D eigenvalue weighted by Gasteiger charge is -2.30. The molecule has 1 aliphatic heterocycles. The van der Waals surface area contributed by atoms with E-state index in [0.717, 1.165) is 16.2 Å². The van der Waals surface area contributed by atoms with Crippen molar-refractivity contribution < 1.29 is 23.4 Å². The second-order valence-electron chi connectivity index (χ2n) is 7.17. The van der Waals surface area contributed by atoms with Gasteiger partial charge < -0.3 is 18.6 Å². The number of esters is 1. The van der Waals surface area contributed by atoms with E-state index < -0.39 is 23.8 Å². The van der Waals surface area contributed by atoms with Crippen molar-refractivity contribution in [2.24, 2.45) is 0 Å². The first kappa shape index (κ1) is 18.2. The molecule has 0 amide bonds. The van der Waals surface area contributed by atoms with Gasteiger partial charge >= 0.3 is 11.6 Å². The quantitative estimate of drug-likeness (QED) is 0.290. The summed E-state index contributed by atoms with van der Waals surface area (Å²) in [5.41, 5.74) is 0.534. The third-order valence-electron chi connectivity index (χ3n) is 5.16. The molecule has 6 nitrogen and oxygen atoms in total.